The Bertz CT molecular complexity index is 1120. The molecule has 3 heterocycles. The van der Waals surface area contributed by atoms with Crippen molar-refractivity contribution in [3.63, 3.8) is 0 Å². The molecule has 1 aromatic heterocycles. The fourth-order valence-electron chi connectivity index (χ4n) is 7.97. The van der Waals surface area contributed by atoms with Crippen molar-refractivity contribution in [3.8, 4) is 0 Å². The van der Waals surface area contributed by atoms with Gasteiger partial charge in [-0.25, -0.2) is 0 Å². The summed E-state index contributed by atoms with van der Waals surface area (Å²) in [4.78, 5) is 6.50. The molecule has 2 saturated carbocycles. The lowest BCUT2D eigenvalue weighted by Gasteiger charge is -2.54. The lowest BCUT2D eigenvalue weighted by Crippen LogP contribution is -2.53. The van der Waals surface area contributed by atoms with Crippen molar-refractivity contribution in [2.45, 2.75) is 109 Å². The van der Waals surface area contributed by atoms with Crippen LogP contribution in [0.15, 0.2) is 60.0 Å². The molecule has 42 heavy (non-hydrogen) atoms. The SMILES string of the molecule is C=C1CCC2=CC3=CC[C@]4(C)[C@@H](CCc5cccnc5)CC[C@H]4[C@@]34CC[C@]2(C1)O4.CN(C)C(C)(C)C.COCCOC. The smallest absolute Gasteiger partial charge is 0.0975 e. The molecular formula is C37H58N2O3. The van der Waals surface area contributed by atoms with Gasteiger partial charge in [0.25, 0.3) is 0 Å². The fraction of sp³-hybridized carbons (Fsp3) is 0.703. The first-order valence-electron chi connectivity index (χ1n) is 16.2. The quantitative estimate of drug-likeness (QED) is 0.253. The van der Waals surface area contributed by atoms with Crippen LogP contribution in [-0.2, 0) is 20.6 Å². The first-order chi connectivity index (χ1) is 19.9. The summed E-state index contributed by atoms with van der Waals surface area (Å²) in [7, 11) is 7.47. The Morgan fingerprint density at radius 3 is 2.43 bits per heavy atom. The van der Waals surface area contributed by atoms with Crippen molar-refractivity contribution in [2.75, 3.05) is 41.5 Å². The van der Waals surface area contributed by atoms with Crippen LogP contribution in [0.4, 0.5) is 0 Å². The number of aromatic nitrogens is 1. The maximum atomic E-state index is 7.23. The molecule has 5 atom stereocenters. The molecule has 0 radical (unpaired) electrons. The van der Waals surface area contributed by atoms with E-state index in [1.54, 1.807) is 19.8 Å². The van der Waals surface area contributed by atoms with Crippen LogP contribution in [0.5, 0.6) is 0 Å². The molecule has 5 heteroatoms. The van der Waals surface area contributed by atoms with Gasteiger partial charge in [-0.05, 0) is 133 Å². The zero-order valence-electron chi connectivity index (χ0n) is 27.9. The summed E-state index contributed by atoms with van der Waals surface area (Å²) in [5, 5.41) is 0. The van der Waals surface area contributed by atoms with Gasteiger partial charge in [0.2, 0.25) is 0 Å². The maximum absolute atomic E-state index is 7.23. The van der Waals surface area contributed by atoms with Gasteiger partial charge in [-0.3, -0.25) is 4.98 Å². The van der Waals surface area contributed by atoms with Gasteiger partial charge in [-0.2, -0.15) is 0 Å². The summed E-state index contributed by atoms with van der Waals surface area (Å²) in [5.41, 5.74) is 6.55. The molecule has 2 aliphatic heterocycles. The third kappa shape index (κ3) is 6.80. The van der Waals surface area contributed by atoms with Crippen molar-refractivity contribution in [2.24, 2.45) is 17.3 Å². The van der Waals surface area contributed by atoms with E-state index in [0.29, 0.717) is 30.1 Å². The number of pyridine rings is 1. The van der Waals surface area contributed by atoms with Crippen LogP contribution in [0, 0.1) is 17.3 Å². The number of rotatable bonds is 6. The summed E-state index contributed by atoms with van der Waals surface area (Å²) in [5.74, 6) is 1.45. The predicted molar refractivity (Wildman–Crippen MR) is 174 cm³/mol. The van der Waals surface area contributed by atoms with Crippen molar-refractivity contribution in [1.82, 2.24) is 9.88 Å². The Kier molecular flexibility index (Phi) is 10.6. The largest absolute Gasteiger partial charge is 0.382 e. The molecule has 0 amide bonds. The molecule has 0 unspecified atom stereocenters. The normalized spacial score (nSPS) is 32.8. The molecule has 1 saturated heterocycles. The van der Waals surface area contributed by atoms with Gasteiger partial charge in [0.05, 0.1) is 24.4 Å². The van der Waals surface area contributed by atoms with Gasteiger partial charge in [0, 0.05) is 38.6 Å². The predicted octanol–water partition coefficient (Wildman–Crippen LogP) is 7.97. The van der Waals surface area contributed by atoms with E-state index < -0.39 is 0 Å². The van der Waals surface area contributed by atoms with Gasteiger partial charge in [-0.1, -0.05) is 37.3 Å². The number of ether oxygens (including phenoxy) is 3. The minimum absolute atomic E-state index is 0.0152. The summed E-state index contributed by atoms with van der Waals surface area (Å²) >= 11 is 0. The van der Waals surface area contributed by atoms with Gasteiger partial charge in [0.15, 0.2) is 0 Å². The van der Waals surface area contributed by atoms with E-state index in [1.807, 2.05) is 12.4 Å². The molecule has 2 bridgehead atoms. The number of methoxy groups -OCH3 is 2. The van der Waals surface area contributed by atoms with E-state index in [9.17, 15) is 0 Å². The molecule has 5 aliphatic rings. The van der Waals surface area contributed by atoms with E-state index in [1.165, 1.54) is 55.2 Å². The standard InChI is InChI=1S/C27H33NO.C6H15N.C4H10O2/c1-19-5-7-22-16-23-11-12-25(2)21(8-6-20-4-3-15-28-18-20)9-10-24(25)27(23)14-13-26(22,17-19)29-27;1-6(2,3)7(4)5;1-5-3-4-6-2/h3-4,11,15-16,18,21,24H,1,5-10,12-14,17H2,2H3;1-5H3;3-4H2,1-2H3/t21-,24+,25+,26+,27+;;/m0../s1. The third-order valence-corrected chi connectivity index (χ3v) is 11.2. The average molecular weight is 579 g/mol. The van der Waals surface area contributed by atoms with Crippen LogP contribution < -0.4 is 0 Å². The molecule has 2 spiro atoms. The van der Waals surface area contributed by atoms with E-state index in [-0.39, 0.29) is 11.2 Å². The highest BCUT2D eigenvalue weighted by molar-refractivity contribution is 5.48. The van der Waals surface area contributed by atoms with Crippen LogP contribution in [0.3, 0.4) is 0 Å². The Morgan fingerprint density at radius 1 is 1.10 bits per heavy atom. The van der Waals surface area contributed by atoms with E-state index in [2.05, 4.69) is 92.0 Å². The lowest BCUT2D eigenvalue weighted by molar-refractivity contribution is -0.132. The highest BCUT2D eigenvalue weighted by Gasteiger charge is 2.65. The molecule has 0 N–H and O–H groups in total. The number of fused-ring (bicyclic) bond motifs is 1. The van der Waals surface area contributed by atoms with Crippen LogP contribution in [0.25, 0.3) is 0 Å². The molecule has 3 aliphatic carbocycles. The fourth-order valence-corrected chi connectivity index (χ4v) is 7.97. The number of allylic oxidation sites excluding steroid dienone is 1. The molecular weight excluding hydrogens is 520 g/mol. The van der Waals surface area contributed by atoms with Crippen LogP contribution in [-0.4, -0.2) is 68.2 Å². The summed E-state index contributed by atoms with van der Waals surface area (Å²) in [6.07, 6.45) is 21.2. The van der Waals surface area contributed by atoms with Gasteiger partial charge >= 0.3 is 0 Å². The number of hydrogen-bond donors (Lipinski definition) is 0. The Balaban J connectivity index is 0.000000263. The zero-order valence-corrected chi connectivity index (χ0v) is 27.9. The molecule has 3 fully saturated rings. The topological polar surface area (TPSA) is 43.8 Å². The second-order valence-electron chi connectivity index (χ2n) is 14.7. The molecule has 0 aromatic carbocycles. The van der Waals surface area contributed by atoms with Gasteiger partial charge in [-0.15, -0.1) is 0 Å². The van der Waals surface area contributed by atoms with Gasteiger partial charge in [0.1, 0.15) is 0 Å². The van der Waals surface area contributed by atoms with Crippen molar-refractivity contribution >= 4 is 0 Å². The number of nitrogens with zero attached hydrogens (tertiary/aromatic N) is 2. The summed E-state index contributed by atoms with van der Waals surface area (Å²) < 4.78 is 16.5. The first-order valence-corrected chi connectivity index (χ1v) is 16.2. The Hall–Kier alpha value is -1.79. The Labute approximate surface area is 256 Å². The second-order valence-corrected chi connectivity index (χ2v) is 14.7. The van der Waals surface area contributed by atoms with Crippen molar-refractivity contribution in [1.29, 1.82) is 0 Å². The number of aryl methyl sites for hydroxylation is 1. The third-order valence-electron chi connectivity index (χ3n) is 11.2. The van der Waals surface area contributed by atoms with E-state index >= 15 is 0 Å². The summed E-state index contributed by atoms with van der Waals surface area (Å²) in [6, 6.07) is 4.30. The zero-order chi connectivity index (χ0) is 30.6. The number of hydrogen-bond acceptors (Lipinski definition) is 5. The minimum atomic E-state index is -0.0167. The van der Waals surface area contributed by atoms with Crippen LogP contribution in [0.1, 0.15) is 91.0 Å². The van der Waals surface area contributed by atoms with Crippen molar-refractivity contribution < 1.29 is 14.2 Å². The van der Waals surface area contributed by atoms with Crippen LogP contribution >= 0.6 is 0 Å². The average Bonchev–Trinajstić information content (AvgIpc) is 3.45. The second kappa shape index (κ2) is 13.5. The first kappa shape index (κ1) is 33.1. The minimum Gasteiger partial charge on any atom is -0.382 e. The highest BCUT2D eigenvalue weighted by Crippen LogP contribution is 2.68. The molecule has 234 valence electrons. The maximum Gasteiger partial charge on any atom is 0.0975 e. The molecule has 5 nitrogen and oxygen atoms in total. The van der Waals surface area contributed by atoms with E-state index in [0.717, 1.165) is 31.6 Å². The monoisotopic (exact) mass is 578 g/mol. The van der Waals surface area contributed by atoms with Crippen LogP contribution in [0.2, 0.25) is 0 Å². The molecule has 1 aromatic rings. The Morgan fingerprint density at radius 2 is 1.81 bits per heavy atom. The lowest BCUT2D eigenvalue weighted by atomic mass is 9.58. The highest BCUT2D eigenvalue weighted by atomic mass is 16.5. The summed E-state index contributed by atoms with van der Waals surface area (Å²) in [6.45, 7) is 14.9. The van der Waals surface area contributed by atoms with Crippen molar-refractivity contribution in [3.05, 3.63) is 65.5 Å². The molecule has 6 rings (SSSR count). The van der Waals surface area contributed by atoms with E-state index in [4.69, 9.17) is 4.74 Å². The van der Waals surface area contributed by atoms with Gasteiger partial charge < -0.3 is 19.1 Å².